The lowest BCUT2D eigenvalue weighted by molar-refractivity contribution is 0.0531. The molecule has 126 valence electrons. The first-order valence-corrected chi connectivity index (χ1v) is 9.15. The third-order valence-corrected chi connectivity index (χ3v) is 5.83. The number of amides is 2. The first-order chi connectivity index (χ1) is 11.7. The van der Waals surface area contributed by atoms with Crippen LogP contribution in [0.2, 0.25) is 0 Å². The summed E-state index contributed by atoms with van der Waals surface area (Å²) in [6, 6.07) is 0. The Balaban J connectivity index is 1.41. The molecule has 0 atom stereocenters. The van der Waals surface area contributed by atoms with Gasteiger partial charge in [0.2, 0.25) is 5.82 Å². The Hall–Kier alpha value is -2.22. The summed E-state index contributed by atoms with van der Waals surface area (Å²) in [6.45, 7) is 2.18. The summed E-state index contributed by atoms with van der Waals surface area (Å²) in [5, 5.41) is 8.45. The molecule has 0 saturated carbocycles. The lowest BCUT2D eigenvalue weighted by Gasteiger charge is -2.34. The number of H-pyrrole nitrogens is 1. The smallest absolute Gasteiger partial charge is 0.291 e. The van der Waals surface area contributed by atoms with Gasteiger partial charge in [-0.15, -0.1) is 11.3 Å². The van der Waals surface area contributed by atoms with Gasteiger partial charge in [0.05, 0.1) is 4.88 Å². The van der Waals surface area contributed by atoms with Crippen LogP contribution < -0.4 is 0 Å². The average Bonchev–Trinajstić information content (AvgIpc) is 3.30. The minimum absolute atomic E-state index is 0.120. The molecule has 1 N–H and O–H groups in total. The number of carbonyl (C=O) groups is 2. The van der Waals surface area contributed by atoms with Crippen LogP contribution in [0.3, 0.4) is 0 Å². The third kappa shape index (κ3) is 2.71. The Labute approximate surface area is 143 Å². The number of aromatic nitrogens is 3. The molecule has 7 nitrogen and oxygen atoms in total. The molecule has 0 aromatic carbocycles. The standard InChI is InChI=1S/C16H19N5O2S/c22-15(13-12-4-2-1-3-11(12)9-24-13)20-5-7-21(8-6-20)16(23)14-17-10-18-19-14/h9-10H,1-8H2,(H,17,18,19). The van der Waals surface area contributed by atoms with E-state index in [1.807, 2.05) is 4.90 Å². The fraction of sp³-hybridized carbons (Fsp3) is 0.500. The van der Waals surface area contributed by atoms with E-state index in [9.17, 15) is 9.59 Å². The molecule has 8 heteroatoms. The van der Waals surface area contributed by atoms with Crippen molar-refractivity contribution in [2.75, 3.05) is 26.2 Å². The van der Waals surface area contributed by atoms with E-state index in [1.165, 1.54) is 30.3 Å². The number of fused-ring (bicyclic) bond motifs is 1. The van der Waals surface area contributed by atoms with Gasteiger partial charge in [0.15, 0.2) is 0 Å². The Morgan fingerprint density at radius 3 is 2.46 bits per heavy atom. The van der Waals surface area contributed by atoms with Crippen molar-refractivity contribution in [3.63, 3.8) is 0 Å². The Bertz CT molecular complexity index is 747. The van der Waals surface area contributed by atoms with Crippen molar-refractivity contribution in [3.8, 4) is 0 Å². The van der Waals surface area contributed by atoms with Gasteiger partial charge in [-0.25, -0.2) is 4.98 Å². The van der Waals surface area contributed by atoms with E-state index in [2.05, 4.69) is 20.6 Å². The molecule has 1 aliphatic heterocycles. The van der Waals surface area contributed by atoms with Crippen LogP contribution in [0, 0.1) is 0 Å². The highest BCUT2D eigenvalue weighted by atomic mass is 32.1. The van der Waals surface area contributed by atoms with E-state index in [4.69, 9.17) is 0 Å². The highest BCUT2D eigenvalue weighted by Crippen LogP contribution is 2.30. The van der Waals surface area contributed by atoms with Gasteiger partial charge in [-0.2, -0.15) is 5.10 Å². The first kappa shape index (κ1) is 15.3. The monoisotopic (exact) mass is 345 g/mol. The van der Waals surface area contributed by atoms with Crippen LogP contribution in [0.4, 0.5) is 0 Å². The molecule has 4 rings (SSSR count). The number of piperazine rings is 1. The minimum atomic E-state index is -0.159. The van der Waals surface area contributed by atoms with Crippen molar-refractivity contribution in [1.82, 2.24) is 25.0 Å². The summed E-state index contributed by atoms with van der Waals surface area (Å²) in [5.41, 5.74) is 2.62. The van der Waals surface area contributed by atoms with Gasteiger partial charge in [-0.1, -0.05) is 0 Å². The summed E-state index contributed by atoms with van der Waals surface area (Å²) >= 11 is 1.58. The number of carbonyl (C=O) groups excluding carboxylic acids is 2. The molecule has 24 heavy (non-hydrogen) atoms. The van der Waals surface area contributed by atoms with E-state index in [1.54, 1.807) is 16.2 Å². The van der Waals surface area contributed by atoms with E-state index in [-0.39, 0.29) is 17.6 Å². The molecular formula is C16H19N5O2S. The highest BCUT2D eigenvalue weighted by molar-refractivity contribution is 7.12. The van der Waals surface area contributed by atoms with Crippen LogP contribution in [-0.2, 0) is 12.8 Å². The van der Waals surface area contributed by atoms with Gasteiger partial charge in [0, 0.05) is 26.2 Å². The fourth-order valence-electron chi connectivity index (χ4n) is 3.41. The average molecular weight is 345 g/mol. The number of nitrogens with one attached hydrogen (secondary N) is 1. The number of aryl methyl sites for hydroxylation is 1. The second-order valence-corrected chi connectivity index (χ2v) is 7.07. The van der Waals surface area contributed by atoms with Crippen LogP contribution in [0.1, 0.15) is 44.3 Å². The zero-order valence-corrected chi connectivity index (χ0v) is 14.1. The molecule has 2 amide bonds. The van der Waals surface area contributed by atoms with Crippen molar-refractivity contribution in [3.05, 3.63) is 33.5 Å². The SMILES string of the molecule is O=C(c1ncn[nH]1)N1CCN(C(=O)c2scc3c2CCCC3)CC1. The maximum absolute atomic E-state index is 12.8. The molecule has 1 aliphatic carbocycles. The molecule has 2 aromatic rings. The van der Waals surface area contributed by atoms with Crippen molar-refractivity contribution >= 4 is 23.2 Å². The number of hydrogen-bond acceptors (Lipinski definition) is 5. The predicted octanol–water partition coefficient (Wildman–Crippen LogP) is 1.34. The summed E-state index contributed by atoms with van der Waals surface area (Å²) in [4.78, 5) is 33.5. The van der Waals surface area contributed by atoms with E-state index >= 15 is 0 Å². The normalized spacial score (nSPS) is 17.7. The Kier molecular flexibility index (Phi) is 4.05. The van der Waals surface area contributed by atoms with E-state index in [0.717, 1.165) is 17.7 Å². The minimum Gasteiger partial charge on any atom is -0.334 e. The Morgan fingerprint density at radius 2 is 1.75 bits per heavy atom. The molecular weight excluding hydrogens is 326 g/mol. The van der Waals surface area contributed by atoms with Gasteiger partial charge in [0.1, 0.15) is 6.33 Å². The number of aromatic amines is 1. The number of thiophene rings is 1. The topological polar surface area (TPSA) is 82.2 Å². The Morgan fingerprint density at radius 1 is 1.04 bits per heavy atom. The van der Waals surface area contributed by atoms with Crippen LogP contribution in [0.5, 0.6) is 0 Å². The lowest BCUT2D eigenvalue weighted by Crippen LogP contribution is -2.50. The van der Waals surface area contributed by atoms with Crippen molar-refractivity contribution in [2.45, 2.75) is 25.7 Å². The van der Waals surface area contributed by atoms with E-state index in [0.29, 0.717) is 26.2 Å². The molecule has 2 aliphatic rings. The van der Waals surface area contributed by atoms with Crippen LogP contribution in [0.25, 0.3) is 0 Å². The molecule has 0 bridgehead atoms. The predicted molar refractivity (Wildman–Crippen MR) is 89.2 cm³/mol. The van der Waals surface area contributed by atoms with Crippen LogP contribution >= 0.6 is 11.3 Å². The van der Waals surface area contributed by atoms with Gasteiger partial charge in [0.25, 0.3) is 11.8 Å². The third-order valence-electron chi connectivity index (χ3n) is 4.77. The molecule has 0 spiro atoms. The van der Waals surface area contributed by atoms with Crippen molar-refractivity contribution in [2.24, 2.45) is 0 Å². The maximum Gasteiger partial charge on any atom is 0.291 e. The second kappa shape index (κ2) is 6.35. The molecule has 0 radical (unpaired) electrons. The van der Waals surface area contributed by atoms with Gasteiger partial charge < -0.3 is 9.80 Å². The zero-order valence-electron chi connectivity index (χ0n) is 13.3. The quantitative estimate of drug-likeness (QED) is 0.890. The molecule has 2 aromatic heterocycles. The summed E-state index contributed by atoms with van der Waals surface area (Å²) < 4.78 is 0. The summed E-state index contributed by atoms with van der Waals surface area (Å²) in [5.74, 6) is 0.213. The van der Waals surface area contributed by atoms with Gasteiger partial charge >= 0.3 is 0 Å². The number of rotatable bonds is 2. The highest BCUT2D eigenvalue weighted by Gasteiger charge is 2.29. The molecule has 3 heterocycles. The van der Waals surface area contributed by atoms with Crippen molar-refractivity contribution < 1.29 is 9.59 Å². The number of nitrogens with zero attached hydrogens (tertiary/aromatic N) is 4. The second-order valence-electron chi connectivity index (χ2n) is 6.19. The van der Waals surface area contributed by atoms with Gasteiger partial charge in [-0.3, -0.25) is 14.7 Å². The van der Waals surface area contributed by atoms with Crippen LogP contribution in [-0.4, -0.2) is 63.0 Å². The largest absolute Gasteiger partial charge is 0.334 e. The van der Waals surface area contributed by atoms with Crippen LogP contribution in [0.15, 0.2) is 11.7 Å². The maximum atomic E-state index is 12.8. The van der Waals surface area contributed by atoms with Gasteiger partial charge in [-0.05, 0) is 42.2 Å². The zero-order chi connectivity index (χ0) is 16.5. The van der Waals surface area contributed by atoms with Crippen molar-refractivity contribution in [1.29, 1.82) is 0 Å². The molecule has 1 fully saturated rings. The summed E-state index contributed by atoms with van der Waals surface area (Å²) in [6.07, 6.45) is 5.83. The number of hydrogen-bond donors (Lipinski definition) is 1. The fourth-order valence-corrected chi connectivity index (χ4v) is 4.54. The van der Waals surface area contributed by atoms with E-state index < -0.39 is 0 Å². The molecule has 1 saturated heterocycles. The molecule has 0 unspecified atom stereocenters. The lowest BCUT2D eigenvalue weighted by atomic mass is 9.93. The summed E-state index contributed by atoms with van der Waals surface area (Å²) in [7, 11) is 0. The first-order valence-electron chi connectivity index (χ1n) is 8.27.